The van der Waals surface area contributed by atoms with Crippen LogP contribution in [0.5, 0.6) is 0 Å². The number of nitrogens with one attached hydrogen (secondary N) is 3. The van der Waals surface area contributed by atoms with Crippen molar-refractivity contribution in [3.05, 3.63) is 108 Å². The molecule has 1 amide bonds. The molecular formula is C26H22N6O. The van der Waals surface area contributed by atoms with Crippen LogP contribution in [-0.4, -0.2) is 28.4 Å². The van der Waals surface area contributed by atoms with E-state index in [1.54, 1.807) is 36.8 Å². The molecule has 0 atom stereocenters. The Labute approximate surface area is 191 Å². The van der Waals surface area contributed by atoms with Gasteiger partial charge in [-0.15, -0.1) is 0 Å². The molecule has 4 rings (SSSR count). The number of anilines is 1. The number of nitrogens with zero attached hydrogens (tertiary/aromatic N) is 3. The molecular weight excluding hydrogens is 412 g/mol. The van der Waals surface area contributed by atoms with E-state index in [9.17, 15) is 4.79 Å². The highest BCUT2D eigenvalue weighted by Gasteiger charge is 2.10. The van der Waals surface area contributed by atoms with Crippen LogP contribution in [0.3, 0.4) is 0 Å². The topological polar surface area (TPSA) is 106 Å². The number of H-pyrrole nitrogens is 1. The first-order chi connectivity index (χ1) is 16.2. The van der Waals surface area contributed by atoms with Gasteiger partial charge >= 0.3 is 0 Å². The monoisotopic (exact) mass is 434 g/mol. The van der Waals surface area contributed by atoms with Gasteiger partial charge in [0.1, 0.15) is 0 Å². The molecule has 0 aliphatic heterocycles. The number of aliphatic imine (C=N–C) groups is 1. The Balaban J connectivity index is 1.49. The van der Waals surface area contributed by atoms with E-state index in [1.165, 1.54) is 0 Å². The first kappa shape index (κ1) is 21.5. The lowest BCUT2D eigenvalue weighted by Crippen LogP contribution is -2.36. The molecule has 0 fully saturated rings. The van der Waals surface area contributed by atoms with Gasteiger partial charge in [-0.25, -0.2) is 4.98 Å². The normalized spacial score (nSPS) is 10.9. The maximum Gasteiger partial charge on any atom is 0.257 e. The summed E-state index contributed by atoms with van der Waals surface area (Å²) in [6.07, 6.45) is 4.03. The summed E-state index contributed by atoms with van der Waals surface area (Å²) in [5, 5.41) is 15.0. The zero-order valence-electron chi connectivity index (χ0n) is 17.8. The molecule has 0 saturated carbocycles. The summed E-state index contributed by atoms with van der Waals surface area (Å²) in [4.78, 5) is 24.3. The zero-order chi connectivity index (χ0) is 22.9. The van der Waals surface area contributed by atoms with Crippen molar-refractivity contribution < 1.29 is 4.79 Å². The number of amides is 1. The van der Waals surface area contributed by atoms with Crippen molar-refractivity contribution in [1.29, 1.82) is 5.26 Å². The summed E-state index contributed by atoms with van der Waals surface area (Å²) >= 11 is 0. The maximum absolute atomic E-state index is 12.7. The third-order valence-corrected chi connectivity index (χ3v) is 4.97. The molecule has 0 aliphatic rings. The van der Waals surface area contributed by atoms with Gasteiger partial charge in [0.2, 0.25) is 5.96 Å². The van der Waals surface area contributed by atoms with Gasteiger partial charge in [0.05, 0.1) is 18.0 Å². The molecule has 7 heteroatoms. The summed E-state index contributed by atoms with van der Waals surface area (Å²) in [6, 6.07) is 26.5. The van der Waals surface area contributed by atoms with E-state index in [1.807, 2.05) is 48.5 Å². The van der Waals surface area contributed by atoms with E-state index in [0.717, 1.165) is 22.5 Å². The number of benzene rings is 3. The average molecular weight is 435 g/mol. The van der Waals surface area contributed by atoms with Gasteiger partial charge in [-0.2, -0.15) is 5.26 Å². The van der Waals surface area contributed by atoms with Gasteiger partial charge in [-0.3, -0.25) is 15.1 Å². The standard InChI is InChI=1S/C26H22N6O/c27-16-19-6-8-22(9-7-19)25(33)32-26(29-15-14-24-17-28-18-30-24)31-23-12-10-21(11-13-23)20-4-2-1-3-5-20/h1-13,17-18H,14-15H2,(H,28,30)(H2,29,31,32,33). The fourth-order valence-corrected chi connectivity index (χ4v) is 3.21. The second-order valence-electron chi connectivity index (χ2n) is 7.27. The Bertz CT molecular complexity index is 1260. The molecule has 0 spiro atoms. The second kappa shape index (κ2) is 10.6. The van der Waals surface area contributed by atoms with E-state index in [0.29, 0.717) is 30.1 Å². The van der Waals surface area contributed by atoms with Gasteiger partial charge in [0.25, 0.3) is 5.91 Å². The quantitative estimate of drug-likeness (QED) is 0.309. The summed E-state index contributed by atoms with van der Waals surface area (Å²) in [6.45, 7) is 0.459. The Kier molecular flexibility index (Phi) is 6.88. The molecule has 0 unspecified atom stereocenters. The van der Waals surface area contributed by atoms with Crippen molar-refractivity contribution in [2.24, 2.45) is 4.99 Å². The van der Waals surface area contributed by atoms with Crippen molar-refractivity contribution in [3.63, 3.8) is 0 Å². The van der Waals surface area contributed by atoms with Crippen LogP contribution in [0.25, 0.3) is 11.1 Å². The molecule has 0 saturated heterocycles. The lowest BCUT2D eigenvalue weighted by molar-refractivity contribution is 0.0977. The Morgan fingerprint density at radius 2 is 1.70 bits per heavy atom. The van der Waals surface area contributed by atoms with E-state index in [-0.39, 0.29) is 5.91 Å². The second-order valence-corrected chi connectivity index (χ2v) is 7.27. The van der Waals surface area contributed by atoms with E-state index >= 15 is 0 Å². The lowest BCUT2D eigenvalue weighted by atomic mass is 10.1. The third kappa shape index (κ3) is 5.93. The van der Waals surface area contributed by atoms with Gasteiger partial charge in [-0.05, 0) is 47.5 Å². The summed E-state index contributed by atoms with van der Waals surface area (Å²) in [7, 11) is 0. The number of imidazole rings is 1. The molecule has 3 N–H and O–H groups in total. The van der Waals surface area contributed by atoms with Crippen LogP contribution in [0.4, 0.5) is 5.69 Å². The number of guanidine groups is 1. The largest absolute Gasteiger partial charge is 0.348 e. The summed E-state index contributed by atoms with van der Waals surface area (Å²) in [5.74, 6) is 0.0320. The lowest BCUT2D eigenvalue weighted by Gasteiger charge is -2.12. The number of hydrogen-bond donors (Lipinski definition) is 3. The molecule has 1 aromatic heterocycles. The fourth-order valence-electron chi connectivity index (χ4n) is 3.21. The van der Waals surface area contributed by atoms with Crippen LogP contribution in [0.15, 0.2) is 96.4 Å². The Morgan fingerprint density at radius 1 is 0.970 bits per heavy atom. The van der Waals surface area contributed by atoms with Crippen LogP contribution in [-0.2, 0) is 6.42 Å². The average Bonchev–Trinajstić information content (AvgIpc) is 3.38. The number of hydrogen-bond acceptors (Lipinski definition) is 4. The predicted molar refractivity (Wildman–Crippen MR) is 129 cm³/mol. The molecule has 7 nitrogen and oxygen atoms in total. The van der Waals surface area contributed by atoms with Crippen molar-refractivity contribution in [1.82, 2.24) is 15.3 Å². The fraction of sp³-hybridized carbons (Fsp3) is 0.0769. The van der Waals surface area contributed by atoms with E-state index in [2.05, 4.69) is 37.7 Å². The van der Waals surface area contributed by atoms with Gasteiger partial charge in [0, 0.05) is 36.1 Å². The highest BCUT2D eigenvalue weighted by Crippen LogP contribution is 2.21. The van der Waals surface area contributed by atoms with Crippen LogP contribution in [0.1, 0.15) is 21.6 Å². The minimum Gasteiger partial charge on any atom is -0.348 e. The summed E-state index contributed by atoms with van der Waals surface area (Å²) < 4.78 is 0. The van der Waals surface area contributed by atoms with E-state index in [4.69, 9.17) is 5.26 Å². The van der Waals surface area contributed by atoms with Gasteiger partial charge in [0.15, 0.2) is 0 Å². The Morgan fingerprint density at radius 3 is 2.36 bits per heavy atom. The van der Waals surface area contributed by atoms with Crippen LogP contribution in [0.2, 0.25) is 0 Å². The van der Waals surface area contributed by atoms with Crippen LogP contribution >= 0.6 is 0 Å². The highest BCUT2D eigenvalue weighted by molar-refractivity contribution is 6.10. The summed E-state index contributed by atoms with van der Waals surface area (Å²) in [5.41, 5.74) is 4.93. The smallest absolute Gasteiger partial charge is 0.257 e. The Hall–Kier alpha value is -4.70. The zero-order valence-corrected chi connectivity index (χ0v) is 17.8. The number of carbonyl (C=O) groups excluding carboxylic acids is 1. The first-order valence-electron chi connectivity index (χ1n) is 10.5. The van der Waals surface area contributed by atoms with Gasteiger partial charge < -0.3 is 10.3 Å². The predicted octanol–water partition coefficient (Wildman–Crippen LogP) is 4.39. The van der Waals surface area contributed by atoms with Crippen molar-refractivity contribution >= 4 is 17.6 Å². The molecule has 0 aliphatic carbocycles. The molecule has 33 heavy (non-hydrogen) atoms. The number of rotatable bonds is 6. The minimum absolute atomic E-state index is 0.312. The number of aromatic nitrogens is 2. The minimum atomic E-state index is -0.312. The van der Waals surface area contributed by atoms with Gasteiger partial charge in [-0.1, -0.05) is 42.5 Å². The highest BCUT2D eigenvalue weighted by atomic mass is 16.1. The third-order valence-electron chi connectivity index (χ3n) is 4.97. The van der Waals surface area contributed by atoms with E-state index < -0.39 is 0 Å². The first-order valence-corrected chi connectivity index (χ1v) is 10.5. The SMILES string of the molecule is N#Cc1ccc(C(=O)NC(=NCCc2cnc[nH]2)Nc2ccc(-c3ccccc3)cc2)cc1. The number of nitriles is 1. The van der Waals surface area contributed by atoms with Crippen LogP contribution in [0, 0.1) is 11.3 Å². The molecule has 4 aromatic rings. The van der Waals surface area contributed by atoms with Crippen molar-refractivity contribution in [2.75, 3.05) is 11.9 Å². The maximum atomic E-state index is 12.7. The molecule has 1 heterocycles. The molecule has 3 aromatic carbocycles. The van der Waals surface area contributed by atoms with Crippen LogP contribution < -0.4 is 10.6 Å². The van der Waals surface area contributed by atoms with Crippen molar-refractivity contribution in [3.8, 4) is 17.2 Å². The number of carbonyl (C=O) groups is 1. The molecule has 0 radical (unpaired) electrons. The molecule has 162 valence electrons. The van der Waals surface area contributed by atoms with Crippen molar-refractivity contribution in [2.45, 2.75) is 6.42 Å². The number of aromatic amines is 1. The molecule has 0 bridgehead atoms.